The van der Waals surface area contributed by atoms with Crippen molar-refractivity contribution in [3.8, 4) is 22.9 Å². The van der Waals surface area contributed by atoms with Gasteiger partial charge >= 0.3 is 0 Å². The highest BCUT2D eigenvalue weighted by atomic mass is 16.5. The summed E-state index contributed by atoms with van der Waals surface area (Å²) in [6, 6.07) is 9.06. The van der Waals surface area contributed by atoms with Gasteiger partial charge in [0.1, 0.15) is 0 Å². The normalized spacial score (nSPS) is 16.6. The maximum atomic E-state index is 12.5. The van der Waals surface area contributed by atoms with E-state index in [1.165, 1.54) is 0 Å². The van der Waals surface area contributed by atoms with Crippen LogP contribution in [0.1, 0.15) is 18.2 Å². The first kappa shape index (κ1) is 17.0. The van der Waals surface area contributed by atoms with Crippen LogP contribution in [0.3, 0.4) is 0 Å². The second-order valence-corrected chi connectivity index (χ2v) is 6.14. The molecule has 0 unspecified atom stereocenters. The lowest BCUT2D eigenvalue weighted by molar-refractivity contribution is -0.117. The SMILES string of the molecule is COc1ccc(N2C[C@@H](c3nc(-c4cccnc4)no3)CC2=O)cc1OC. The fourth-order valence-electron chi connectivity index (χ4n) is 3.13. The van der Waals surface area contributed by atoms with Crippen molar-refractivity contribution in [1.82, 2.24) is 15.1 Å². The highest BCUT2D eigenvalue weighted by molar-refractivity contribution is 5.96. The predicted octanol–water partition coefficient (Wildman–Crippen LogP) is 2.67. The van der Waals surface area contributed by atoms with Gasteiger partial charge in [0.05, 0.1) is 20.1 Å². The highest BCUT2D eigenvalue weighted by Gasteiger charge is 2.35. The molecule has 1 amide bonds. The lowest BCUT2D eigenvalue weighted by atomic mass is 10.1. The molecular weight excluding hydrogens is 348 g/mol. The smallest absolute Gasteiger partial charge is 0.232 e. The number of hydrogen-bond acceptors (Lipinski definition) is 7. The Bertz CT molecular complexity index is 957. The molecule has 1 aliphatic rings. The third-order valence-electron chi connectivity index (χ3n) is 4.51. The summed E-state index contributed by atoms with van der Waals surface area (Å²) < 4.78 is 16.0. The molecule has 8 nitrogen and oxygen atoms in total. The summed E-state index contributed by atoms with van der Waals surface area (Å²) in [5.74, 6) is 1.93. The van der Waals surface area contributed by atoms with Crippen molar-refractivity contribution in [2.45, 2.75) is 12.3 Å². The van der Waals surface area contributed by atoms with Crippen molar-refractivity contribution < 1.29 is 18.8 Å². The molecule has 0 radical (unpaired) electrons. The van der Waals surface area contributed by atoms with E-state index in [-0.39, 0.29) is 11.8 Å². The van der Waals surface area contributed by atoms with Gasteiger partial charge in [0, 0.05) is 42.7 Å². The van der Waals surface area contributed by atoms with Gasteiger partial charge in [-0.05, 0) is 24.3 Å². The molecule has 138 valence electrons. The molecule has 0 bridgehead atoms. The number of nitrogens with zero attached hydrogens (tertiary/aromatic N) is 4. The summed E-state index contributed by atoms with van der Waals surface area (Å²) in [5, 5.41) is 4.01. The van der Waals surface area contributed by atoms with Gasteiger partial charge in [-0.15, -0.1) is 0 Å². The van der Waals surface area contributed by atoms with Crippen molar-refractivity contribution in [1.29, 1.82) is 0 Å². The van der Waals surface area contributed by atoms with E-state index >= 15 is 0 Å². The molecule has 1 atom stereocenters. The Morgan fingerprint density at radius 1 is 1.19 bits per heavy atom. The first-order valence-electron chi connectivity index (χ1n) is 8.46. The first-order chi connectivity index (χ1) is 13.2. The molecule has 1 fully saturated rings. The van der Waals surface area contributed by atoms with Crippen LogP contribution in [0.4, 0.5) is 5.69 Å². The summed E-state index contributed by atoms with van der Waals surface area (Å²) in [6.45, 7) is 0.461. The average molecular weight is 366 g/mol. The minimum Gasteiger partial charge on any atom is -0.493 e. The number of aromatic nitrogens is 3. The van der Waals surface area contributed by atoms with E-state index in [4.69, 9.17) is 14.0 Å². The highest BCUT2D eigenvalue weighted by Crippen LogP contribution is 2.36. The lowest BCUT2D eigenvalue weighted by Crippen LogP contribution is -2.24. The molecule has 0 saturated carbocycles. The van der Waals surface area contributed by atoms with Gasteiger partial charge in [0.25, 0.3) is 0 Å². The topological polar surface area (TPSA) is 90.6 Å². The molecule has 2 aromatic heterocycles. The number of benzene rings is 1. The quantitative estimate of drug-likeness (QED) is 0.685. The van der Waals surface area contributed by atoms with E-state index in [0.717, 1.165) is 11.3 Å². The van der Waals surface area contributed by atoms with Crippen LogP contribution >= 0.6 is 0 Å². The molecule has 0 aliphatic carbocycles. The van der Waals surface area contributed by atoms with Crippen molar-refractivity contribution in [3.63, 3.8) is 0 Å². The molecule has 0 spiro atoms. The molecule has 8 heteroatoms. The van der Waals surface area contributed by atoms with Gasteiger partial charge in [0.2, 0.25) is 17.6 Å². The fraction of sp³-hybridized carbons (Fsp3) is 0.263. The summed E-state index contributed by atoms with van der Waals surface area (Å²) in [6.07, 6.45) is 3.66. The van der Waals surface area contributed by atoms with E-state index in [0.29, 0.717) is 36.2 Å². The van der Waals surface area contributed by atoms with Crippen molar-refractivity contribution in [3.05, 3.63) is 48.6 Å². The fourth-order valence-corrected chi connectivity index (χ4v) is 3.13. The molecule has 4 rings (SSSR count). The second kappa shape index (κ2) is 7.06. The van der Waals surface area contributed by atoms with Crippen molar-refractivity contribution in [2.75, 3.05) is 25.7 Å². The lowest BCUT2D eigenvalue weighted by Gasteiger charge is -2.18. The minimum absolute atomic E-state index is 0.00616. The Labute approximate surface area is 155 Å². The number of hydrogen-bond donors (Lipinski definition) is 0. The average Bonchev–Trinajstić information content (AvgIpc) is 3.35. The van der Waals surface area contributed by atoms with Gasteiger partial charge in [-0.25, -0.2) is 0 Å². The van der Waals surface area contributed by atoms with Crippen LogP contribution in [0.15, 0.2) is 47.2 Å². The Morgan fingerprint density at radius 3 is 2.78 bits per heavy atom. The monoisotopic (exact) mass is 366 g/mol. The Hall–Kier alpha value is -3.42. The largest absolute Gasteiger partial charge is 0.493 e. The zero-order valence-corrected chi connectivity index (χ0v) is 15.0. The van der Waals surface area contributed by atoms with Crippen LogP contribution in [0.2, 0.25) is 0 Å². The van der Waals surface area contributed by atoms with Gasteiger partial charge in [-0.3, -0.25) is 9.78 Å². The molecule has 3 aromatic rings. The molecule has 1 aromatic carbocycles. The van der Waals surface area contributed by atoms with E-state index in [1.807, 2.05) is 18.2 Å². The third-order valence-corrected chi connectivity index (χ3v) is 4.51. The van der Waals surface area contributed by atoms with Crippen LogP contribution in [0.5, 0.6) is 11.5 Å². The number of rotatable bonds is 5. The standard InChI is InChI=1S/C19H18N4O4/c1-25-15-6-5-14(9-16(15)26-2)23-11-13(8-17(23)24)19-21-18(22-27-19)12-4-3-7-20-10-12/h3-7,9-10,13H,8,11H2,1-2H3/t13-/m0/s1. The zero-order chi connectivity index (χ0) is 18.8. The van der Waals surface area contributed by atoms with E-state index in [1.54, 1.807) is 43.6 Å². The third kappa shape index (κ3) is 3.21. The number of amides is 1. The Kier molecular flexibility index (Phi) is 4.45. The number of methoxy groups -OCH3 is 2. The molecule has 3 heterocycles. The van der Waals surface area contributed by atoms with Crippen LogP contribution in [-0.4, -0.2) is 41.8 Å². The number of carbonyl (C=O) groups excluding carboxylic acids is 1. The maximum Gasteiger partial charge on any atom is 0.232 e. The maximum absolute atomic E-state index is 12.5. The summed E-state index contributed by atoms with van der Waals surface area (Å²) >= 11 is 0. The van der Waals surface area contributed by atoms with Gasteiger partial charge in [0.15, 0.2) is 11.5 Å². The zero-order valence-electron chi connectivity index (χ0n) is 15.0. The van der Waals surface area contributed by atoms with Gasteiger partial charge in [-0.2, -0.15) is 4.98 Å². The number of pyridine rings is 1. The van der Waals surface area contributed by atoms with Crippen LogP contribution in [-0.2, 0) is 4.79 Å². The Balaban J connectivity index is 1.55. The molecule has 1 aliphatic heterocycles. The van der Waals surface area contributed by atoms with Gasteiger partial charge < -0.3 is 18.9 Å². The van der Waals surface area contributed by atoms with Crippen molar-refractivity contribution >= 4 is 11.6 Å². The minimum atomic E-state index is -0.163. The van der Waals surface area contributed by atoms with Crippen LogP contribution < -0.4 is 14.4 Å². The predicted molar refractivity (Wildman–Crippen MR) is 96.8 cm³/mol. The summed E-state index contributed by atoms with van der Waals surface area (Å²) in [7, 11) is 3.14. The summed E-state index contributed by atoms with van der Waals surface area (Å²) in [4.78, 5) is 22.7. The first-order valence-corrected chi connectivity index (χ1v) is 8.46. The molecule has 0 N–H and O–H groups in total. The van der Waals surface area contributed by atoms with Gasteiger partial charge in [-0.1, -0.05) is 5.16 Å². The van der Waals surface area contributed by atoms with E-state index in [9.17, 15) is 4.79 Å². The summed E-state index contributed by atoms with van der Waals surface area (Å²) in [5.41, 5.74) is 1.51. The number of carbonyl (C=O) groups is 1. The molecule has 1 saturated heterocycles. The Morgan fingerprint density at radius 2 is 2.04 bits per heavy atom. The number of ether oxygens (including phenoxy) is 2. The molecule has 27 heavy (non-hydrogen) atoms. The van der Waals surface area contributed by atoms with E-state index in [2.05, 4.69) is 15.1 Å². The van der Waals surface area contributed by atoms with Crippen molar-refractivity contribution in [2.24, 2.45) is 0 Å². The second-order valence-electron chi connectivity index (χ2n) is 6.14. The van der Waals surface area contributed by atoms with Crippen LogP contribution in [0, 0.1) is 0 Å². The van der Waals surface area contributed by atoms with Crippen LogP contribution in [0.25, 0.3) is 11.4 Å². The number of anilines is 1. The van der Waals surface area contributed by atoms with E-state index < -0.39 is 0 Å². The molecular formula is C19H18N4O4.